The minimum Gasteiger partial charge on any atom is -0.479 e. The Kier molecular flexibility index (Phi) is 4.78. The second-order valence-corrected chi connectivity index (χ2v) is 7.44. The van der Waals surface area contributed by atoms with E-state index in [1.165, 1.54) is 4.90 Å². The molecule has 0 saturated heterocycles. The zero-order valence-electron chi connectivity index (χ0n) is 14.4. The van der Waals surface area contributed by atoms with E-state index in [4.69, 9.17) is 0 Å². The van der Waals surface area contributed by atoms with Gasteiger partial charge in [-0.3, -0.25) is 9.78 Å². The van der Waals surface area contributed by atoms with Gasteiger partial charge in [0.05, 0.1) is 0 Å². The second kappa shape index (κ2) is 6.30. The van der Waals surface area contributed by atoms with Crippen LogP contribution in [0.4, 0.5) is 0 Å². The van der Waals surface area contributed by atoms with Crippen LogP contribution >= 0.6 is 0 Å². The molecule has 1 heterocycles. The van der Waals surface area contributed by atoms with Gasteiger partial charge in [0, 0.05) is 13.2 Å². The molecule has 1 N–H and O–H groups in total. The predicted molar refractivity (Wildman–Crippen MR) is 88.5 cm³/mol. The molecule has 0 spiro atoms. The number of carboxylic acid groups (broad SMARTS) is 1. The van der Waals surface area contributed by atoms with Gasteiger partial charge in [-0.1, -0.05) is 46.1 Å². The molecule has 0 radical (unpaired) electrons. The van der Waals surface area contributed by atoms with Crippen LogP contribution in [-0.2, 0) is 10.2 Å². The minimum absolute atomic E-state index is 0.0356. The first-order valence-electron chi connectivity index (χ1n) is 8.16. The summed E-state index contributed by atoms with van der Waals surface area (Å²) >= 11 is 0. The highest BCUT2D eigenvalue weighted by Gasteiger charge is 2.45. The average molecular weight is 318 g/mol. The number of aromatic nitrogens is 1. The Hall–Kier alpha value is -1.91. The first kappa shape index (κ1) is 17.4. The third-order valence-corrected chi connectivity index (χ3v) is 4.87. The number of aliphatic carboxylic acids is 1. The lowest BCUT2D eigenvalue weighted by Gasteiger charge is -2.40. The summed E-state index contributed by atoms with van der Waals surface area (Å²) in [5.41, 5.74) is 0.209. The Bertz CT molecular complexity index is 581. The van der Waals surface area contributed by atoms with Crippen molar-refractivity contribution >= 4 is 11.9 Å². The number of hydrogen-bond donors (Lipinski definition) is 1. The van der Waals surface area contributed by atoms with Crippen LogP contribution in [-0.4, -0.2) is 39.5 Å². The summed E-state index contributed by atoms with van der Waals surface area (Å²) in [5, 5.41) is 9.69. The third kappa shape index (κ3) is 3.38. The topological polar surface area (TPSA) is 70.5 Å². The summed E-state index contributed by atoms with van der Waals surface area (Å²) in [5.74, 6) is -1.24. The molecule has 1 aliphatic rings. The molecule has 1 saturated carbocycles. The van der Waals surface area contributed by atoms with Crippen LogP contribution in [0, 0.1) is 0 Å². The van der Waals surface area contributed by atoms with E-state index in [9.17, 15) is 14.7 Å². The smallest absolute Gasteiger partial charge is 0.329 e. The SMILES string of the molecule is CN(C(=O)c1ccc(C(C)(C)C)cn1)C1(C(=O)O)CCCCC1. The Morgan fingerprint density at radius 1 is 1.17 bits per heavy atom. The lowest BCUT2D eigenvalue weighted by atomic mass is 9.80. The molecule has 1 amide bonds. The number of hydrogen-bond acceptors (Lipinski definition) is 3. The predicted octanol–water partition coefficient (Wildman–Crippen LogP) is 3.24. The summed E-state index contributed by atoms with van der Waals surface area (Å²) in [7, 11) is 1.58. The quantitative estimate of drug-likeness (QED) is 0.929. The molecule has 5 heteroatoms. The summed E-state index contributed by atoms with van der Waals surface area (Å²) in [4.78, 5) is 30.2. The Morgan fingerprint density at radius 3 is 2.22 bits per heavy atom. The second-order valence-electron chi connectivity index (χ2n) is 7.44. The van der Waals surface area contributed by atoms with Gasteiger partial charge in [-0.2, -0.15) is 0 Å². The first-order valence-corrected chi connectivity index (χ1v) is 8.16. The summed E-state index contributed by atoms with van der Waals surface area (Å²) in [6.45, 7) is 6.25. The largest absolute Gasteiger partial charge is 0.479 e. The number of nitrogens with zero attached hydrogens (tertiary/aromatic N) is 2. The van der Waals surface area contributed by atoms with Crippen molar-refractivity contribution in [2.45, 2.75) is 63.8 Å². The van der Waals surface area contributed by atoms with Crippen molar-refractivity contribution in [3.8, 4) is 0 Å². The van der Waals surface area contributed by atoms with Crippen molar-refractivity contribution in [1.29, 1.82) is 0 Å². The van der Waals surface area contributed by atoms with Gasteiger partial charge >= 0.3 is 5.97 Å². The maximum absolute atomic E-state index is 12.7. The van der Waals surface area contributed by atoms with Gasteiger partial charge in [0.1, 0.15) is 11.2 Å². The van der Waals surface area contributed by atoms with Crippen molar-refractivity contribution < 1.29 is 14.7 Å². The maximum atomic E-state index is 12.7. The van der Waals surface area contributed by atoms with Gasteiger partial charge < -0.3 is 10.0 Å². The summed E-state index contributed by atoms with van der Waals surface area (Å²) in [6, 6.07) is 3.58. The molecule has 23 heavy (non-hydrogen) atoms. The lowest BCUT2D eigenvalue weighted by Crippen LogP contribution is -2.56. The van der Waals surface area contributed by atoms with Crippen molar-refractivity contribution in [2.24, 2.45) is 0 Å². The number of rotatable bonds is 3. The normalized spacial score (nSPS) is 17.6. The monoisotopic (exact) mass is 318 g/mol. The molecule has 1 aromatic heterocycles. The van der Waals surface area contributed by atoms with Crippen molar-refractivity contribution in [3.05, 3.63) is 29.6 Å². The van der Waals surface area contributed by atoms with Gasteiger partial charge in [-0.25, -0.2) is 4.79 Å². The molecule has 1 aromatic rings. The summed E-state index contributed by atoms with van der Waals surface area (Å²) < 4.78 is 0. The first-order chi connectivity index (χ1) is 10.7. The molecule has 126 valence electrons. The van der Waals surface area contributed by atoms with Crippen LogP contribution in [0.2, 0.25) is 0 Å². The van der Waals surface area contributed by atoms with Crippen LogP contribution in [0.25, 0.3) is 0 Å². The number of carboxylic acids is 1. The van der Waals surface area contributed by atoms with Crippen molar-refractivity contribution in [2.75, 3.05) is 7.05 Å². The van der Waals surface area contributed by atoms with E-state index in [0.717, 1.165) is 24.8 Å². The highest BCUT2D eigenvalue weighted by Crippen LogP contribution is 2.34. The van der Waals surface area contributed by atoms with Crippen LogP contribution in [0.15, 0.2) is 18.3 Å². The van der Waals surface area contributed by atoms with Gasteiger partial charge in [0.15, 0.2) is 0 Å². The number of carbonyl (C=O) groups is 2. The summed E-state index contributed by atoms with van der Waals surface area (Å²) in [6.07, 6.45) is 5.40. The molecule has 1 fully saturated rings. The van der Waals surface area contributed by atoms with E-state index < -0.39 is 11.5 Å². The Balaban J connectivity index is 2.26. The van der Waals surface area contributed by atoms with Gasteiger partial charge in [-0.15, -0.1) is 0 Å². The third-order valence-electron chi connectivity index (χ3n) is 4.87. The number of pyridine rings is 1. The van der Waals surface area contributed by atoms with Crippen molar-refractivity contribution in [3.63, 3.8) is 0 Å². The highest BCUT2D eigenvalue weighted by atomic mass is 16.4. The van der Waals surface area contributed by atoms with E-state index in [1.807, 2.05) is 6.07 Å². The van der Waals surface area contributed by atoms with E-state index in [0.29, 0.717) is 18.5 Å². The van der Waals surface area contributed by atoms with Gasteiger partial charge in [0.25, 0.3) is 5.91 Å². The fraction of sp³-hybridized carbons (Fsp3) is 0.611. The zero-order valence-corrected chi connectivity index (χ0v) is 14.4. The Morgan fingerprint density at radius 2 is 1.78 bits per heavy atom. The number of carbonyl (C=O) groups excluding carboxylic acids is 1. The zero-order chi connectivity index (χ0) is 17.3. The Labute approximate surface area is 137 Å². The highest BCUT2D eigenvalue weighted by molar-refractivity contribution is 5.96. The maximum Gasteiger partial charge on any atom is 0.329 e. The lowest BCUT2D eigenvalue weighted by molar-refractivity contribution is -0.151. The molecule has 0 aromatic carbocycles. The molecule has 0 unspecified atom stereocenters. The van der Waals surface area contributed by atoms with Crippen LogP contribution < -0.4 is 0 Å². The number of likely N-dealkylation sites (N-methyl/N-ethyl adjacent to an activating group) is 1. The van der Waals surface area contributed by atoms with E-state index >= 15 is 0 Å². The van der Waals surface area contributed by atoms with Gasteiger partial charge in [0.2, 0.25) is 0 Å². The molecular formula is C18H26N2O3. The van der Waals surface area contributed by atoms with Crippen LogP contribution in [0.5, 0.6) is 0 Å². The standard InChI is InChI=1S/C18H26N2O3/c1-17(2,3)13-8-9-14(19-12-13)15(21)20(4)18(16(22)23)10-6-5-7-11-18/h8-9,12H,5-7,10-11H2,1-4H3,(H,22,23). The van der Waals surface area contributed by atoms with E-state index in [-0.39, 0.29) is 11.3 Å². The van der Waals surface area contributed by atoms with Crippen molar-refractivity contribution in [1.82, 2.24) is 9.88 Å². The fourth-order valence-corrected chi connectivity index (χ4v) is 3.16. The molecule has 0 bridgehead atoms. The van der Waals surface area contributed by atoms with Crippen LogP contribution in [0.1, 0.15) is 68.9 Å². The molecule has 5 nitrogen and oxygen atoms in total. The number of amides is 1. The average Bonchev–Trinajstić information content (AvgIpc) is 2.53. The molecular weight excluding hydrogens is 292 g/mol. The molecule has 1 aliphatic carbocycles. The van der Waals surface area contributed by atoms with Gasteiger partial charge in [-0.05, 0) is 29.9 Å². The van der Waals surface area contributed by atoms with E-state index in [1.54, 1.807) is 19.3 Å². The molecule has 0 aliphatic heterocycles. The molecule has 2 rings (SSSR count). The molecule has 0 atom stereocenters. The minimum atomic E-state index is -1.10. The fourth-order valence-electron chi connectivity index (χ4n) is 3.16. The van der Waals surface area contributed by atoms with E-state index in [2.05, 4.69) is 25.8 Å². The van der Waals surface area contributed by atoms with Crippen LogP contribution in [0.3, 0.4) is 0 Å².